The van der Waals surface area contributed by atoms with Gasteiger partial charge in [-0.05, 0) is 43.7 Å². The summed E-state index contributed by atoms with van der Waals surface area (Å²) in [5, 5.41) is 8.18. The maximum atomic E-state index is 12.8. The maximum absolute atomic E-state index is 12.8. The lowest BCUT2D eigenvalue weighted by molar-refractivity contribution is 0.0946. The van der Waals surface area contributed by atoms with Gasteiger partial charge in [-0.25, -0.2) is 9.78 Å². The normalized spacial score (nSPS) is 10.6. The summed E-state index contributed by atoms with van der Waals surface area (Å²) < 4.78 is 5.14. The molecule has 2 aromatic carbocycles. The van der Waals surface area contributed by atoms with E-state index in [9.17, 15) is 9.59 Å². The molecule has 0 saturated carbocycles. The van der Waals surface area contributed by atoms with E-state index in [4.69, 9.17) is 4.74 Å². The number of ether oxygens (including phenoxy) is 1. The van der Waals surface area contributed by atoms with Gasteiger partial charge in [0, 0.05) is 23.7 Å². The van der Waals surface area contributed by atoms with E-state index >= 15 is 0 Å². The predicted octanol–water partition coefficient (Wildman–Crippen LogP) is 4.52. The molecule has 8 heteroatoms. The van der Waals surface area contributed by atoms with Crippen molar-refractivity contribution < 1.29 is 14.3 Å². The molecule has 3 rings (SSSR count). The minimum Gasteiger partial charge on any atom is -0.497 e. The molecule has 0 aliphatic carbocycles. The highest BCUT2D eigenvalue weighted by Gasteiger charge is 2.20. The van der Waals surface area contributed by atoms with Crippen molar-refractivity contribution in [2.45, 2.75) is 33.0 Å². The lowest BCUT2D eigenvalue weighted by Gasteiger charge is -2.26. The number of nitrogens with zero attached hydrogens (tertiary/aromatic N) is 2. The third-order valence-electron chi connectivity index (χ3n) is 4.61. The number of rotatable bonds is 8. The zero-order valence-electron chi connectivity index (χ0n) is 17.8. The number of hydrogen-bond donors (Lipinski definition) is 2. The average Bonchev–Trinajstić information content (AvgIpc) is 3.25. The van der Waals surface area contributed by atoms with Gasteiger partial charge in [0.1, 0.15) is 16.5 Å². The summed E-state index contributed by atoms with van der Waals surface area (Å²) in [5.74, 6) is 0.490. The highest BCUT2D eigenvalue weighted by Crippen LogP contribution is 2.18. The van der Waals surface area contributed by atoms with E-state index in [0.29, 0.717) is 29.5 Å². The second-order valence-electron chi connectivity index (χ2n) is 7.18. The zero-order chi connectivity index (χ0) is 22.2. The first-order chi connectivity index (χ1) is 15.0. The van der Waals surface area contributed by atoms with Crippen LogP contribution in [0.3, 0.4) is 0 Å². The molecule has 3 aromatic rings. The van der Waals surface area contributed by atoms with Gasteiger partial charge in [0.15, 0.2) is 0 Å². The number of carbonyl (C=O) groups is 2. The van der Waals surface area contributed by atoms with Crippen molar-refractivity contribution in [2.24, 2.45) is 0 Å². The molecule has 0 radical (unpaired) electrons. The molecule has 0 spiro atoms. The fourth-order valence-electron chi connectivity index (χ4n) is 2.86. The van der Waals surface area contributed by atoms with Crippen molar-refractivity contribution in [3.63, 3.8) is 0 Å². The van der Waals surface area contributed by atoms with Crippen LogP contribution < -0.4 is 15.4 Å². The van der Waals surface area contributed by atoms with Gasteiger partial charge in [-0.1, -0.05) is 30.3 Å². The van der Waals surface area contributed by atoms with E-state index < -0.39 is 0 Å². The van der Waals surface area contributed by atoms with Crippen LogP contribution >= 0.6 is 11.3 Å². The Morgan fingerprint density at radius 2 is 1.81 bits per heavy atom. The Kier molecular flexibility index (Phi) is 7.61. The lowest BCUT2D eigenvalue weighted by atomic mass is 10.2. The lowest BCUT2D eigenvalue weighted by Crippen LogP contribution is -2.39. The van der Waals surface area contributed by atoms with Gasteiger partial charge < -0.3 is 20.3 Å². The van der Waals surface area contributed by atoms with Crippen molar-refractivity contribution in [3.8, 4) is 5.75 Å². The standard InChI is InChI=1S/C23H26N4O3S/c1-16(2)27(23(29)25-18-9-11-19(30-3)12-10-18)14-21-26-20(15-31-21)22(28)24-13-17-7-5-4-6-8-17/h4-12,15-16H,13-14H2,1-3H3,(H,24,28)(H,25,29). The molecule has 0 aliphatic rings. The van der Waals surface area contributed by atoms with Gasteiger partial charge in [-0.3, -0.25) is 4.79 Å². The number of aromatic nitrogens is 1. The van der Waals surface area contributed by atoms with Gasteiger partial charge in [-0.2, -0.15) is 0 Å². The molecular weight excluding hydrogens is 412 g/mol. The molecule has 0 saturated heterocycles. The summed E-state index contributed by atoms with van der Waals surface area (Å²) in [6, 6.07) is 16.6. The summed E-state index contributed by atoms with van der Waals surface area (Å²) in [6.45, 7) is 4.63. The highest BCUT2D eigenvalue weighted by molar-refractivity contribution is 7.09. The summed E-state index contributed by atoms with van der Waals surface area (Å²) in [6.07, 6.45) is 0. The van der Waals surface area contributed by atoms with Gasteiger partial charge in [0.2, 0.25) is 0 Å². The maximum Gasteiger partial charge on any atom is 0.322 e. The van der Waals surface area contributed by atoms with E-state index in [1.807, 2.05) is 44.2 Å². The molecule has 0 atom stereocenters. The molecule has 1 heterocycles. The smallest absolute Gasteiger partial charge is 0.322 e. The highest BCUT2D eigenvalue weighted by atomic mass is 32.1. The number of urea groups is 1. The Labute approximate surface area is 186 Å². The first-order valence-corrected chi connectivity index (χ1v) is 10.8. The molecule has 3 amide bonds. The van der Waals surface area contributed by atoms with E-state index in [2.05, 4.69) is 15.6 Å². The van der Waals surface area contributed by atoms with Crippen LogP contribution in [-0.2, 0) is 13.1 Å². The number of carbonyl (C=O) groups excluding carboxylic acids is 2. The summed E-state index contributed by atoms with van der Waals surface area (Å²) in [5.41, 5.74) is 2.05. The third-order valence-corrected chi connectivity index (χ3v) is 5.44. The second kappa shape index (κ2) is 10.6. The van der Waals surface area contributed by atoms with Crippen LogP contribution in [0.25, 0.3) is 0 Å². The fourth-order valence-corrected chi connectivity index (χ4v) is 3.63. The molecule has 0 fully saturated rings. The number of amides is 3. The molecule has 2 N–H and O–H groups in total. The van der Waals surface area contributed by atoms with Crippen molar-refractivity contribution in [1.82, 2.24) is 15.2 Å². The van der Waals surface area contributed by atoms with Crippen molar-refractivity contribution >= 4 is 29.0 Å². The van der Waals surface area contributed by atoms with E-state index in [-0.39, 0.29) is 18.0 Å². The molecule has 162 valence electrons. The van der Waals surface area contributed by atoms with Gasteiger partial charge >= 0.3 is 6.03 Å². The summed E-state index contributed by atoms with van der Waals surface area (Å²) in [4.78, 5) is 31.3. The van der Waals surface area contributed by atoms with Crippen LogP contribution in [-0.4, -0.2) is 35.0 Å². The second-order valence-corrected chi connectivity index (χ2v) is 8.12. The molecule has 0 aliphatic heterocycles. The zero-order valence-corrected chi connectivity index (χ0v) is 18.6. The van der Waals surface area contributed by atoms with Gasteiger partial charge in [0.25, 0.3) is 5.91 Å². The minimum absolute atomic E-state index is 0.0440. The van der Waals surface area contributed by atoms with Crippen molar-refractivity contribution in [1.29, 1.82) is 0 Å². The van der Waals surface area contributed by atoms with Crippen LogP contribution in [0.5, 0.6) is 5.75 Å². The first-order valence-electron chi connectivity index (χ1n) is 9.94. The van der Waals surface area contributed by atoms with Gasteiger partial charge in [0.05, 0.1) is 13.7 Å². The van der Waals surface area contributed by atoms with Crippen molar-refractivity contribution in [3.05, 3.63) is 76.2 Å². The number of nitrogens with one attached hydrogen (secondary N) is 2. The molecule has 7 nitrogen and oxygen atoms in total. The topological polar surface area (TPSA) is 83.6 Å². The number of methoxy groups -OCH3 is 1. The number of hydrogen-bond acceptors (Lipinski definition) is 5. The summed E-state index contributed by atoms with van der Waals surface area (Å²) >= 11 is 1.36. The predicted molar refractivity (Wildman–Crippen MR) is 122 cm³/mol. The third kappa shape index (κ3) is 6.29. The van der Waals surface area contributed by atoms with Gasteiger partial charge in [-0.15, -0.1) is 11.3 Å². The molecule has 0 unspecified atom stereocenters. The first kappa shape index (κ1) is 22.3. The Morgan fingerprint density at radius 1 is 1.10 bits per heavy atom. The molecule has 0 bridgehead atoms. The monoisotopic (exact) mass is 438 g/mol. The minimum atomic E-state index is -0.231. The quantitative estimate of drug-likeness (QED) is 0.541. The van der Waals surface area contributed by atoms with E-state index in [1.54, 1.807) is 41.7 Å². The summed E-state index contributed by atoms with van der Waals surface area (Å²) in [7, 11) is 1.60. The fraction of sp³-hybridized carbons (Fsp3) is 0.261. The Balaban J connectivity index is 1.60. The number of thiazole rings is 1. The SMILES string of the molecule is COc1ccc(NC(=O)N(Cc2nc(C(=O)NCc3ccccc3)cs2)C(C)C)cc1. The van der Waals surface area contributed by atoms with Crippen LogP contribution in [0.2, 0.25) is 0 Å². The van der Waals surface area contributed by atoms with Crippen LogP contribution in [0.1, 0.15) is 34.9 Å². The largest absolute Gasteiger partial charge is 0.497 e. The van der Waals surface area contributed by atoms with Crippen LogP contribution in [0.15, 0.2) is 60.0 Å². The Bertz CT molecular complexity index is 1000. The average molecular weight is 439 g/mol. The Hall–Kier alpha value is -3.39. The van der Waals surface area contributed by atoms with E-state index in [1.165, 1.54) is 11.3 Å². The molecular formula is C23H26N4O3S. The molecule has 1 aromatic heterocycles. The van der Waals surface area contributed by atoms with Crippen molar-refractivity contribution in [2.75, 3.05) is 12.4 Å². The number of anilines is 1. The number of benzene rings is 2. The van der Waals surface area contributed by atoms with Crippen LogP contribution in [0.4, 0.5) is 10.5 Å². The Morgan fingerprint density at radius 3 is 2.45 bits per heavy atom. The van der Waals surface area contributed by atoms with E-state index in [0.717, 1.165) is 11.3 Å². The van der Waals surface area contributed by atoms with Crippen LogP contribution in [0, 0.1) is 0 Å². The molecule has 31 heavy (non-hydrogen) atoms.